The zero-order valence-corrected chi connectivity index (χ0v) is 6.93. The van der Waals surface area contributed by atoms with Gasteiger partial charge in [0.05, 0.1) is 4.92 Å². The lowest BCUT2D eigenvalue weighted by molar-refractivity contribution is -0.385. The summed E-state index contributed by atoms with van der Waals surface area (Å²) in [6.07, 6.45) is 2.90. The van der Waals surface area contributed by atoms with Gasteiger partial charge in [-0.05, 0) is 6.07 Å². The first kappa shape index (κ1) is 9.18. The summed E-state index contributed by atoms with van der Waals surface area (Å²) in [6, 6.07) is 2.96. The molecule has 13 heavy (non-hydrogen) atoms. The maximum absolute atomic E-state index is 10.3. The van der Waals surface area contributed by atoms with Crippen LogP contribution >= 0.6 is 0 Å². The van der Waals surface area contributed by atoms with Crippen LogP contribution in [-0.2, 0) is 0 Å². The van der Waals surface area contributed by atoms with Crippen molar-refractivity contribution in [2.24, 2.45) is 0 Å². The summed E-state index contributed by atoms with van der Waals surface area (Å²) >= 11 is 0. The van der Waals surface area contributed by atoms with Crippen LogP contribution in [0.25, 0.3) is 0 Å². The molecule has 0 saturated carbocycles. The molecule has 0 amide bonds. The highest BCUT2D eigenvalue weighted by molar-refractivity contribution is 5.40. The molecule has 0 aliphatic heterocycles. The molecule has 0 unspecified atom stereocenters. The van der Waals surface area contributed by atoms with Crippen molar-refractivity contribution in [3.63, 3.8) is 0 Å². The van der Waals surface area contributed by atoms with Gasteiger partial charge in [-0.1, -0.05) is 6.08 Å². The summed E-state index contributed by atoms with van der Waals surface area (Å²) < 4.78 is 0. The minimum absolute atomic E-state index is 0.0100. The van der Waals surface area contributed by atoms with Crippen LogP contribution in [0.4, 0.5) is 11.5 Å². The fourth-order valence-electron chi connectivity index (χ4n) is 0.775. The van der Waals surface area contributed by atoms with E-state index < -0.39 is 4.92 Å². The van der Waals surface area contributed by atoms with Crippen molar-refractivity contribution in [2.45, 2.75) is 0 Å². The van der Waals surface area contributed by atoms with Gasteiger partial charge in [-0.2, -0.15) is 0 Å². The molecule has 0 bridgehead atoms. The number of pyridine rings is 1. The highest BCUT2D eigenvalue weighted by Gasteiger charge is 2.03. The summed E-state index contributed by atoms with van der Waals surface area (Å²) in [6.45, 7) is 4.11. The maximum Gasteiger partial charge on any atom is 0.287 e. The van der Waals surface area contributed by atoms with Gasteiger partial charge in [0, 0.05) is 12.6 Å². The Morgan fingerprint density at radius 2 is 2.46 bits per heavy atom. The van der Waals surface area contributed by atoms with Crippen LogP contribution < -0.4 is 5.32 Å². The van der Waals surface area contributed by atoms with Gasteiger partial charge < -0.3 is 5.32 Å². The predicted molar refractivity (Wildman–Crippen MR) is 49.6 cm³/mol. The van der Waals surface area contributed by atoms with Gasteiger partial charge in [-0.3, -0.25) is 10.1 Å². The SMILES string of the molecule is C=CCNc1ccc([N+](=O)[O-])cn1. The quantitative estimate of drug-likeness (QED) is 0.433. The van der Waals surface area contributed by atoms with E-state index in [9.17, 15) is 10.1 Å². The molecule has 0 aliphatic carbocycles. The fraction of sp³-hybridized carbons (Fsp3) is 0.125. The number of hydrogen-bond acceptors (Lipinski definition) is 4. The molecule has 0 aliphatic rings. The van der Waals surface area contributed by atoms with Crippen LogP contribution in [0, 0.1) is 10.1 Å². The first-order valence-electron chi connectivity index (χ1n) is 3.69. The Hall–Kier alpha value is -1.91. The number of nitrogens with one attached hydrogen (secondary N) is 1. The first-order chi connectivity index (χ1) is 6.24. The smallest absolute Gasteiger partial charge is 0.287 e. The molecule has 0 atom stereocenters. The van der Waals surface area contributed by atoms with Crippen LogP contribution in [0.15, 0.2) is 31.0 Å². The molecule has 0 saturated heterocycles. The molecular formula is C8H9N3O2. The van der Waals surface area contributed by atoms with E-state index in [4.69, 9.17) is 0 Å². The molecule has 0 aromatic carbocycles. The Kier molecular flexibility index (Phi) is 2.97. The number of rotatable bonds is 4. The van der Waals surface area contributed by atoms with E-state index in [1.165, 1.54) is 12.3 Å². The number of hydrogen-bond donors (Lipinski definition) is 1. The molecule has 68 valence electrons. The van der Waals surface area contributed by atoms with E-state index in [1.54, 1.807) is 12.1 Å². The van der Waals surface area contributed by atoms with Gasteiger partial charge in [0.1, 0.15) is 12.0 Å². The molecule has 1 heterocycles. The molecule has 0 fully saturated rings. The van der Waals surface area contributed by atoms with Crippen LogP contribution in [0.1, 0.15) is 0 Å². The minimum atomic E-state index is -0.482. The Bertz CT molecular complexity index is 308. The van der Waals surface area contributed by atoms with Crippen LogP contribution in [0.5, 0.6) is 0 Å². The highest BCUT2D eigenvalue weighted by Crippen LogP contribution is 2.11. The lowest BCUT2D eigenvalue weighted by atomic mass is 10.4. The minimum Gasteiger partial charge on any atom is -0.367 e. The van der Waals surface area contributed by atoms with Crippen molar-refractivity contribution in [3.05, 3.63) is 41.1 Å². The summed E-state index contributed by atoms with van der Waals surface area (Å²) in [7, 11) is 0. The number of anilines is 1. The van der Waals surface area contributed by atoms with Crippen molar-refractivity contribution in [3.8, 4) is 0 Å². The largest absolute Gasteiger partial charge is 0.367 e. The standard InChI is InChI=1S/C8H9N3O2/c1-2-5-9-8-4-3-7(6-10-8)11(12)13/h2-4,6H,1,5H2,(H,9,10). The van der Waals surface area contributed by atoms with Crippen LogP contribution in [0.3, 0.4) is 0 Å². The second-order valence-corrected chi connectivity index (χ2v) is 2.33. The van der Waals surface area contributed by atoms with E-state index in [1.807, 2.05) is 0 Å². The molecule has 0 spiro atoms. The average Bonchev–Trinajstić information content (AvgIpc) is 2.15. The van der Waals surface area contributed by atoms with Crippen molar-refractivity contribution in [2.75, 3.05) is 11.9 Å². The van der Waals surface area contributed by atoms with E-state index in [2.05, 4.69) is 16.9 Å². The molecule has 1 aromatic heterocycles. The monoisotopic (exact) mass is 179 g/mol. The van der Waals surface area contributed by atoms with E-state index >= 15 is 0 Å². The van der Waals surface area contributed by atoms with Crippen LogP contribution in [-0.4, -0.2) is 16.5 Å². The molecule has 0 radical (unpaired) electrons. The third-order valence-corrected chi connectivity index (χ3v) is 1.39. The molecular weight excluding hydrogens is 170 g/mol. The van der Waals surface area contributed by atoms with Gasteiger partial charge in [0.25, 0.3) is 5.69 Å². The summed E-state index contributed by atoms with van der Waals surface area (Å²) in [4.78, 5) is 13.6. The number of aromatic nitrogens is 1. The van der Waals surface area contributed by atoms with Crippen molar-refractivity contribution >= 4 is 11.5 Å². The van der Waals surface area contributed by atoms with Crippen molar-refractivity contribution < 1.29 is 4.92 Å². The fourth-order valence-corrected chi connectivity index (χ4v) is 0.775. The van der Waals surface area contributed by atoms with E-state index in [0.29, 0.717) is 12.4 Å². The second-order valence-electron chi connectivity index (χ2n) is 2.33. The number of nitrogens with zero attached hydrogens (tertiary/aromatic N) is 2. The average molecular weight is 179 g/mol. The Labute approximate surface area is 75.3 Å². The van der Waals surface area contributed by atoms with Crippen molar-refractivity contribution in [1.82, 2.24) is 4.98 Å². The molecule has 5 nitrogen and oxygen atoms in total. The highest BCUT2D eigenvalue weighted by atomic mass is 16.6. The zero-order valence-electron chi connectivity index (χ0n) is 6.93. The van der Waals surface area contributed by atoms with Crippen LogP contribution in [0.2, 0.25) is 0 Å². The Balaban J connectivity index is 2.69. The van der Waals surface area contributed by atoms with Gasteiger partial charge in [0.2, 0.25) is 0 Å². The molecule has 1 N–H and O–H groups in total. The van der Waals surface area contributed by atoms with E-state index in [-0.39, 0.29) is 5.69 Å². The molecule has 1 aromatic rings. The third-order valence-electron chi connectivity index (χ3n) is 1.39. The number of nitro groups is 1. The maximum atomic E-state index is 10.3. The topological polar surface area (TPSA) is 68.1 Å². The normalized spacial score (nSPS) is 9.23. The van der Waals surface area contributed by atoms with Gasteiger partial charge >= 0.3 is 0 Å². The second kappa shape index (κ2) is 4.20. The summed E-state index contributed by atoms with van der Waals surface area (Å²) in [5, 5.41) is 13.2. The lowest BCUT2D eigenvalue weighted by Gasteiger charge is -1.99. The first-order valence-corrected chi connectivity index (χ1v) is 3.69. The van der Waals surface area contributed by atoms with Crippen molar-refractivity contribution in [1.29, 1.82) is 0 Å². The molecule has 5 heteroatoms. The molecule has 1 rings (SSSR count). The summed E-state index contributed by atoms with van der Waals surface area (Å²) in [5.74, 6) is 0.602. The van der Waals surface area contributed by atoms with Gasteiger partial charge in [0.15, 0.2) is 0 Å². The summed E-state index contributed by atoms with van der Waals surface area (Å²) in [5.41, 5.74) is -0.0100. The zero-order chi connectivity index (χ0) is 9.68. The van der Waals surface area contributed by atoms with Gasteiger partial charge in [-0.25, -0.2) is 4.98 Å². The third kappa shape index (κ3) is 2.55. The van der Waals surface area contributed by atoms with Gasteiger partial charge in [-0.15, -0.1) is 6.58 Å². The van der Waals surface area contributed by atoms with E-state index in [0.717, 1.165) is 0 Å². The lowest BCUT2D eigenvalue weighted by Crippen LogP contribution is -2.00. The Morgan fingerprint density at radius 1 is 1.69 bits per heavy atom. The Morgan fingerprint density at radius 3 is 2.92 bits per heavy atom. The predicted octanol–water partition coefficient (Wildman–Crippen LogP) is 1.59.